The molecule has 78 valence electrons. The lowest BCUT2D eigenvalue weighted by Crippen LogP contribution is -1.90. The average molecular weight is 321 g/mol. The normalized spacial score (nSPS) is 10.7. The Balaban J connectivity index is 2.58. The second kappa shape index (κ2) is 3.88. The summed E-state index contributed by atoms with van der Waals surface area (Å²) in [6.45, 7) is 1.51. The molecule has 15 heavy (non-hydrogen) atoms. The number of aromatic nitrogens is 1. The van der Waals surface area contributed by atoms with Crippen LogP contribution in [0.3, 0.4) is 0 Å². The molecule has 2 rings (SSSR count). The molecule has 0 saturated heterocycles. The number of aryl methyl sites for hydroxylation is 1. The van der Waals surface area contributed by atoms with Crippen LogP contribution in [0, 0.1) is 22.5 Å². The first-order valence-electron chi connectivity index (χ1n) is 4.15. The molecule has 0 saturated carbocycles. The van der Waals surface area contributed by atoms with E-state index in [4.69, 9.17) is 4.42 Å². The molecule has 0 bridgehead atoms. The monoisotopic (exact) mass is 321 g/mol. The Labute approximate surface area is 98.5 Å². The fraction of sp³-hybridized carbons (Fsp3) is 0.100. The summed E-state index contributed by atoms with van der Waals surface area (Å²) in [6, 6.07) is 2.27. The van der Waals surface area contributed by atoms with E-state index >= 15 is 0 Å². The summed E-state index contributed by atoms with van der Waals surface area (Å²) in [5.74, 6) is -0.956. The van der Waals surface area contributed by atoms with E-state index in [1.807, 2.05) is 22.6 Å². The van der Waals surface area contributed by atoms with E-state index in [2.05, 4.69) is 4.98 Å². The van der Waals surface area contributed by atoms with Crippen molar-refractivity contribution in [2.24, 2.45) is 0 Å². The minimum Gasteiger partial charge on any atom is -0.440 e. The molecule has 0 spiro atoms. The van der Waals surface area contributed by atoms with Gasteiger partial charge in [-0.1, -0.05) is 0 Å². The molecule has 2 aromatic rings. The summed E-state index contributed by atoms with van der Waals surface area (Å²) in [7, 11) is 0. The highest BCUT2D eigenvalue weighted by molar-refractivity contribution is 14.1. The molecule has 0 amide bonds. The van der Waals surface area contributed by atoms with Crippen LogP contribution < -0.4 is 0 Å². The number of benzene rings is 1. The maximum absolute atomic E-state index is 13.5. The van der Waals surface area contributed by atoms with Crippen molar-refractivity contribution in [3.05, 3.63) is 39.5 Å². The predicted octanol–water partition coefficient (Wildman–Crippen LogP) is 3.53. The molecule has 0 N–H and O–H groups in total. The zero-order valence-electron chi connectivity index (χ0n) is 7.72. The first-order chi connectivity index (χ1) is 7.08. The van der Waals surface area contributed by atoms with Gasteiger partial charge < -0.3 is 4.42 Å². The molecule has 5 heteroatoms. The van der Waals surface area contributed by atoms with Gasteiger partial charge in [0.1, 0.15) is 23.6 Å². The Morgan fingerprint density at radius 2 is 2.00 bits per heavy atom. The molecule has 0 aliphatic carbocycles. The standard InChI is InChI=1S/C10H6F2INO/c1-5-2-8(12)6(3-7(5)11)9-4-15-10(13)14-9/h2-4H,1H3. The number of hydrogen-bond acceptors (Lipinski definition) is 2. The molecule has 1 aromatic heterocycles. The van der Waals surface area contributed by atoms with E-state index in [1.165, 1.54) is 13.2 Å². The summed E-state index contributed by atoms with van der Waals surface area (Å²) in [6.07, 6.45) is 1.30. The van der Waals surface area contributed by atoms with Crippen LogP contribution in [0.15, 0.2) is 22.8 Å². The van der Waals surface area contributed by atoms with Crippen LogP contribution in [0.2, 0.25) is 0 Å². The number of rotatable bonds is 1. The van der Waals surface area contributed by atoms with Gasteiger partial charge in [0, 0.05) is 28.2 Å². The van der Waals surface area contributed by atoms with E-state index in [0.717, 1.165) is 12.1 Å². The number of hydrogen-bond donors (Lipinski definition) is 0. The first kappa shape index (κ1) is 10.5. The lowest BCUT2D eigenvalue weighted by molar-refractivity contribution is 0.525. The predicted molar refractivity (Wildman–Crippen MR) is 59.3 cm³/mol. The van der Waals surface area contributed by atoms with Crippen molar-refractivity contribution in [3.63, 3.8) is 0 Å². The van der Waals surface area contributed by atoms with Crippen molar-refractivity contribution < 1.29 is 13.2 Å². The van der Waals surface area contributed by atoms with E-state index in [-0.39, 0.29) is 11.1 Å². The van der Waals surface area contributed by atoms with Crippen molar-refractivity contribution in [3.8, 4) is 11.3 Å². The van der Waals surface area contributed by atoms with E-state index in [1.54, 1.807) is 0 Å². The van der Waals surface area contributed by atoms with Gasteiger partial charge in [0.15, 0.2) is 0 Å². The molecule has 0 aliphatic rings. The van der Waals surface area contributed by atoms with Crippen molar-refractivity contribution in [2.45, 2.75) is 6.92 Å². The van der Waals surface area contributed by atoms with E-state index < -0.39 is 11.6 Å². The third kappa shape index (κ3) is 2.01. The van der Waals surface area contributed by atoms with Gasteiger partial charge in [-0.25, -0.2) is 13.8 Å². The van der Waals surface area contributed by atoms with Crippen molar-refractivity contribution >= 4 is 22.6 Å². The maximum Gasteiger partial charge on any atom is 0.257 e. The van der Waals surface area contributed by atoms with Crippen LogP contribution in [0.25, 0.3) is 11.3 Å². The third-order valence-corrected chi connectivity index (χ3v) is 2.50. The molecule has 0 unspecified atom stereocenters. The van der Waals surface area contributed by atoms with Crippen molar-refractivity contribution in [2.75, 3.05) is 0 Å². The Hall–Kier alpha value is -0.980. The fourth-order valence-electron chi connectivity index (χ4n) is 1.22. The van der Waals surface area contributed by atoms with Gasteiger partial charge in [0.25, 0.3) is 3.90 Å². The highest BCUT2D eigenvalue weighted by Gasteiger charge is 2.12. The van der Waals surface area contributed by atoms with Gasteiger partial charge in [-0.05, 0) is 24.6 Å². The van der Waals surface area contributed by atoms with Crippen molar-refractivity contribution in [1.29, 1.82) is 0 Å². The summed E-state index contributed by atoms with van der Waals surface area (Å²) >= 11 is 1.86. The summed E-state index contributed by atoms with van der Waals surface area (Å²) < 4.78 is 32.0. The maximum atomic E-state index is 13.5. The van der Waals surface area contributed by atoms with Gasteiger partial charge >= 0.3 is 0 Å². The zero-order chi connectivity index (χ0) is 11.0. The molecular formula is C10H6F2INO. The minimum absolute atomic E-state index is 0.116. The zero-order valence-corrected chi connectivity index (χ0v) is 9.88. The van der Waals surface area contributed by atoms with Crippen LogP contribution in [-0.2, 0) is 0 Å². The van der Waals surface area contributed by atoms with Crippen LogP contribution in [0.5, 0.6) is 0 Å². The smallest absolute Gasteiger partial charge is 0.257 e. The number of halogens is 3. The Kier molecular flexibility index (Phi) is 2.72. The molecule has 1 aromatic carbocycles. The molecule has 0 aliphatic heterocycles. The lowest BCUT2D eigenvalue weighted by Gasteiger charge is -2.01. The molecule has 2 nitrogen and oxygen atoms in total. The molecule has 1 heterocycles. The summed E-state index contributed by atoms with van der Waals surface area (Å²) in [5, 5.41) is 0. The molecular weight excluding hydrogens is 315 g/mol. The SMILES string of the molecule is Cc1cc(F)c(-c2coc(I)n2)cc1F. The Bertz CT molecular complexity index is 510. The fourth-order valence-corrected chi connectivity index (χ4v) is 1.61. The summed E-state index contributed by atoms with van der Waals surface area (Å²) in [4.78, 5) is 3.93. The first-order valence-corrected chi connectivity index (χ1v) is 5.23. The van der Waals surface area contributed by atoms with Crippen LogP contribution in [-0.4, -0.2) is 4.98 Å². The molecule has 0 fully saturated rings. The van der Waals surface area contributed by atoms with Gasteiger partial charge in [0.05, 0.1) is 0 Å². The van der Waals surface area contributed by atoms with Gasteiger partial charge in [0.2, 0.25) is 0 Å². The minimum atomic E-state index is -0.501. The van der Waals surface area contributed by atoms with Crippen LogP contribution in [0.1, 0.15) is 5.56 Å². The average Bonchev–Trinajstić information content (AvgIpc) is 2.58. The third-order valence-electron chi connectivity index (χ3n) is 2.00. The largest absolute Gasteiger partial charge is 0.440 e. The second-order valence-corrected chi connectivity index (χ2v) is 3.99. The highest BCUT2D eigenvalue weighted by atomic mass is 127. The molecule has 0 radical (unpaired) electrons. The molecule has 0 atom stereocenters. The Morgan fingerprint density at radius 1 is 1.27 bits per heavy atom. The van der Waals surface area contributed by atoms with Crippen LogP contribution >= 0.6 is 22.6 Å². The topological polar surface area (TPSA) is 26.0 Å². The van der Waals surface area contributed by atoms with E-state index in [0.29, 0.717) is 9.59 Å². The number of nitrogens with zero attached hydrogens (tertiary/aromatic N) is 1. The van der Waals surface area contributed by atoms with Gasteiger partial charge in [-0.3, -0.25) is 0 Å². The second-order valence-electron chi connectivity index (χ2n) is 3.07. The number of oxazole rings is 1. The van der Waals surface area contributed by atoms with Gasteiger partial charge in [-0.2, -0.15) is 0 Å². The summed E-state index contributed by atoms with van der Waals surface area (Å²) in [5.41, 5.74) is 0.690. The van der Waals surface area contributed by atoms with Gasteiger partial charge in [-0.15, -0.1) is 0 Å². The van der Waals surface area contributed by atoms with Crippen LogP contribution in [0.4, 0.5) is 8.78 Å². The van der Waals surface area contributed by atoms with Crippen molar-refractivity contribution in [1.82, 2.24) is 4.98 Å². The van der Waals surface area contributed by atoms with E-state index in [9.17, 15) is 8.78 Å². The highest BCUT2D eigenvalue weighted by Crippen LogP contribution is 2.25. The quantitative estimate of drug-likeness (QED) is 0.751. The lowest BCUT2D eigenvalue weighted by atomic mass is 10.1. The Morgan fingerprint density at radius 3 is 2.60 bits per heavy atom.